The van der Waals surface area contributed by atoms with Crippen LogP contribution in [0.15, 0.2) is 40.9 Å². The van der Waals surface area contributed by atoms with Gasteiger partial charge in [0.1, 0.15) is 16.5 Å². The summed E-state index contributed by atoms with van der Waals surface area (Å²) in [5.41, 5.74) is 3.06. The first-order valence-corrected chi connectivity index (χ1v) is 13.7. The summed E-state index contributed by atoms with van der Waals surface area (Å²) in [6.07, 6.45) is -0.488. The van der Waals surface area contributed by atoms with Gasteiger partial charge in [-0.25, -0.2) is 14.4 Å². The molecule has 0 saturated carbocycles. The average molecular weight is 531 g/mol. The van der Waals surface area contributed by atoms with Crippen LogP contribution in [0.2, 0.25) is 0 Å². The van der Waals surface area contributed by atoms with Crippen LogP contribution >= 0.6 is 11.3 Å². The first-order valence-electron chi connectivity index (χ1n) is 11.6. The molecular formula is C24H25FN5O4S2-. The van der Waals surface area contributed by atoms with Gasteiger partial charge in [0, 0.05) is 29.7 Å². The third kappa shape index (κ3) is 5.55. The molecule has 1 unspecified atom stereocenters. The second kappa shape index (κ2) is 10.6. The number of aromatic nitrogens is 4. The summed E-state index contributed by atoms with van der Waals surface area (Å²) in [5.74, 6) is 0.493. The Morgan fingerprint density at radius 2 is 2.03 bits per heavy atom. The quantitative estimate of drug-likeness (QED) is 0.304. The van der Waals surface area contributed by atoms with Gasteiger partial charge in [-0.3, -0.25) is 4.21 Å². The van der Waals surface area contributed by atoms with Crippen LogP contribution in [0.5, 0.6) is 5.19 Å². The topological polar surface area (TPSA) is 117 Å². The Balaban J connectivity index is 1.20. The number of anilines is 1. The number of thiazole rings is 1. The van der Waals surface area contributed by atoms with Crippen molar-refractivity contribution >= 4 is 38.8 Å². The molecule has 1 aromatic carbocycles. The zero-order valence-electron chi connectivity index (χ0n) is 19.8. The molecule has 4 aromatic rings. The van der Waals surface area contributed by atoms with Crippen molar-refractivity contribution in [2.24, 2.45) is 5.92 Å². The summed E-state index contributed by atoms with van der Waals surface area (Å²) >= 11 is -0.805. The summed E-state index contributed by atoms with van der Waals surface area (Å²) < 4.78 is 47.9. The van der Waals surface area contributed by atoms with Gasteiger partial charge >= 0.3 is 6.01 Å². The van der Waals surface area contributed by atoms with Crippen LogP contribution in [0.3, 0.4) is 0 Å². The third-order valence-corrected chi connectivity index (χ3v) is 7.53. The van der Waals surface area contributed by atoms with Gasteiger partial charge in [-0.2, -0.15) is 4.98 Å². The largest absolute Gasteiger partial charge is 0.772 e. The van der Waals surface area contributed by atoms with Gasteiger partial charge in [0.25, 0.3) is 5.19 Å². The van der Waals surface area contributed by atoms with Crippen LogP contribution in [-0.2, 0) is 16.8 Å². The lowest BCUT2D eigenvalue weighted by Gasteiger charge is -2.32. The van der Waals surface area contributed by atoms with Crippen molar-refractivity contribution in [3.05, 3.63) is 47.8 Å². The van der Waals surface area contributed by atoms with E-state index >= 15 is 0 Å². The van der Waals surface area contributed by atoms with Crippen LogP contribution in [0.25, 0.3) is 21.6 Å². The molecule has 3 aromatic heterocycles. The molecule has 5 rings (SSSR count). The molecule has 4 heterocycles. The molecule has 3 atom stereocenters. The molecule has 0 bridgehead atoms. The van der Waals surface area contributed by atoms with E-state index < -0.39 is 17.3 Å². The number of pyridine rings is 1. The monoisotopic (exact) mass is 530 g/mol. The summed E-state index contributed by atoms with van der Waals surface area (Å²) in [7, 11) is 0. The fraction of sp³-hybridized carbons (Fsp3) is 0.417. The molecule has 0 spiro atoms. The highest BCUT2D eigenvalue weighted by Gasteiger charge is 2.32. The third-order valence-electron chi connectivity index (χ3n) is 6.09. The summed E-state index contributed by atoms with van der Waals surface area (Å²) in [6.45, 7) is 4.99. The predicted octanol–water partition coefficient (Wildman–Crippen LogP) is 4.49. The minimum atomic E-state index is -2.12. The second-order valence-electron chi connectivity index (χ2n) is 9.06. The van der Waals surface area contributed by atoms with Gasteiger partial charge in [-0.05, 0) is 24.1 Å². The Bertz CT molecular complexity index is 1360. The number of hydrogen-bond acceptors (Lipinski definition) is 10. The molecule has 36 heavy (non-hydrogen) atoms. The first-order chi connectivity index (χ1) is 17.4. The van der Waals surface area contributed by atoms with Crippen molar-refractivity contribution in [1.82, 2.24) is 20.1 Å². The van der Waals surface area contributed by atoms with Gasteiger partial charge in [0.15, 0.2) is 5.82 Å². The Hall–Kier alpha value is -2.96. The van der Waals surface area contributed by atoms with Gasteiger partial charge in [-0.1, -0.05) is 65.7 Å². The molecule has 0 N–H and O–H groups in total. The molecule has 12 heteroatoms. The zero-order chi connectivity index (χ0) is 25.2. The number of halogens is 1. The molecule has 9 nitrogen and oxygen atoms in total. The van der Waals surface area contributed by atoms with Crippen LogP contribution in [0.4, 0.5) is 10.4 Å². The minimum absolute atomic E-state index is 0.0168. The highest BCUT2D eigenvalue weighted by molar-refractivity contribution is 7.78. The van der Waals surface area contributed by atoms with E-state index in [2.05, 4.69) is 20.1 Å². The zero-order valence-corrected chi connectivity index (χ0v) is 21.4. The van der Waals surface area contributed by atoms with E-state index in [1.54, 1.807) is 17.0 Å². The number of rotatable bonds is 8. The highest BCUT2D eigenvalue weighted by atomic mass is 32.2. The van der Waals surface area contributed by atoms with Crippen LogP contribution in [0.1, 0.15) is 37.6 Å². The van der Waals surface area contributed by atoms with E-state index in [-0.39, 0.29) is 30.7 Å². The van der Waals surface area contributed by atoms with Crippen molar-refractivity contribution < 1.29 is 22.4 Å². The Morgan fingerprint density at radius 3 is 2.72 bits per heavy atom. The maximum Gasteiger partial charge on any atom is 0.324 e. The van der Waals surface area contributed by atoms with E-state index in [1.165, 1.54) is 11.3 Å². The van der Waals surface area contributed by atoms with Crippen molar-refractivity contribution in [3.63, 3.8) is 0 Å². The number of hydrogen-bond donors (Lipinski definition) is 0. The summed E-state index contributed by atoms with van der Waals surface area (Å²) in [6, 6.07) is 11.3. The van der Waals surface area contributed by atoms with Gasteiger partial charge in [0.05, 0.1) is 18.8 Å². The smallest absolute Gasteiger partial charge is 0.324 e. The number of ether oxygens (including phenoxy) is 1. The van der Waals surface area contributed by atoms with E-state index in [0.29, 0.717) is 35.5 Å². The maximum absolute atomic E-state index is 14.9. The van der Waals surface area contributed by atoms with Crippen molar-refractivity contribution in [2.75, 3.05) is 24.6 Å². The fourth-order valence-corrected chi connectivity index (χ4v) is 5.27. The number of piperidine rings is 1. The van der Waals surface area contributed by atoms with Crippen LogP contribution in [0, 0.1) is 5.92 Å². The SMILES string of the molecule is CC(C)c1noc(N2CC[C@@H](COc3nc4ccc(-c5ccc(CS(=O)[O-])cc5)nc4s3)[C@@H](F)C2)n1. The Labute approximate surface area is 214 Å². The molecule has 1 fully saturated rings. The average Bonchev–Trinajstić information content (AvgIpc) is 3.50. The second-order valence-corrected chi connectivity index (χ2v) is 10.9. The molecule has 1 saturated heterocycles. The Kier molecular flexibility index (Phi) is 7.26. The van der Waals surface area contributed by atoms with E-state index in [1.807, 2.05) is 38.1 Å². The molecule has 0 amide bonds. The van der Waals surface area contributed by atoms with E-state index in [0.717, 1.165) is 21.7 Å². The molecular weight excluding hydrogens is 505 g/mol. The van der Waals surface area contributed by atoms with E-state index in [4.69, 9.17) is 9.26 Å². The van der Waals surface area contributed by atoms with Gasteiger partial charge < -0.3 is 18.7 Å². The molecule has 190 valence electrons. The molecule has 1 aliphatic heterocycles. The number of fused-ring (bicyclic) bond motifs is 1. The number of benzene rings is 1. The van der Waals surface area contributed by atoms with Gasteiger partial charge in [-0.15, -0.1) is 0 Å². The fourth-order valence-electron chi connectivity index (χ4n) is 4.01. The lowest BCUT2D eigenvalue weighted by molar-refractivity contribution is 0.130. The molecule has 0 aliphatic carbocycles. The van der Waals surface area contributed by atoms with E-state index in [9.17, 15) is 13.2 Å². The highest BCUT2D eigenvalue weighted by Crippen LogP contribution is 2.31. The van der Waals surface area contributed by atoms with Crippen LogP contribution in [-0.4, -0.2) is 54.7 Å². The maximum atomic E-state index is 14.9. The van der Waals surface area contributed by atoms with Crippen molar-refractivity contribution in [3.8, 4) is 16.5 Å². The van der Waals surface area contributed by atoms with Crippen molar-refractivity contribution in [2.45, 2.75) is 38.1 Å². The lowest BCUT2D eigenvalue weighted by Crippen LogP contribution is -2.44. The molecule has 1 aliphatic rings. The molecule has 0 radical (unpaired) electrons. The Morgan fingerprint density at radius 1 is 1.22 bits per heavy atom. The summed E-state index contributed by atoms with van der Waals surface area (Å²) in [4.78, 5) is 16.0. The number of alkyl halides is 1. The predicted molar refractivity (Wildman–Crippen MR) is 135 cm³/mol. The summed E-state index contributed by atoms with van der Waals surface area (Å²) in [5, 5.41) is 4.42. The first kappa shape index (κ1) is 24.7. The van der Waals surface area contributed by atoms with Gasteiger partial charge in [0.2, 0.25) is 0 Å². The number of nitrogens with zero attached hydrogens (tertiary/aromatic N) is 5. The standard InChI is InChI=1S/C24H26FN5O4S2/c1-14(2)21-28-23(34-29-21)30-10-9-17(18(25)11-30)12-33-24-27-20-8-7-19(26-22(20)35-24)16-5-3-15(4-6-16)13-36(31)32/h3-8,14,17-18H,9-13H2,1-2H3,(H,31,32)/p-1/t17-,18-/m0/s1. The lowest BCUT2D eigenvalue weighted by atomic mass is 9.96. The van der Waals surface area contributed by atoms with Crippen LogP contribution < -0.4 is 9.64 Å². The minimum Gasteiger partial charge on any atom is -0.772 e. The normalized spacial score (nSPS) is 19.2. The van der Waals surface area contributed by atoms with Crippen molar-refractivity contribution in [1.29, 1.82) is 0 Å².